The van der Waals surface area contributed by atoms with E-state index in [2.05, 4.69) is 69.0 Å². The van der Waals surface area contributed by atoms with Crippen molar-refractivity contribution in [2.24, 2.45) is 11.7 Å². The largest absolute Gasteiger partial charge is 0.461 e. The fraction of sp³-hybridized carbons (Fsp3) is 0.381. The third-order valence-electron chi connectivity index (χ3n) is 4.46. The molecule has 0 radical (unpaired) electrons. The van der Waals surface area contributed by atoms with Crippen molar-refractivity contribution in [2.45, 2.75) is 26.3 Å². The molecule has 0 aliphatic rings. The van der Waals surface area contributed by atoms with E-state index in [1.165, 1.54) is 10.6 Å². The predicted molar refractivity (Wildman–Crippen MR) is 108 cm³/mol. The van der Waals surface area contributed by atoms with Gasteiger partial charge >= 0.3 is 5.97 Å². The zero-order valence-electron chi connectivity index (χ0n) is 15.4. The maximum atomic E-state index is 12.1. The summed E-state index contributed by atoms with van der Waals surface area (Å²) in [5.74, 6) is 0.0929. The Hall–Kier alpha value is -1.70. The van der Waals surface area contributed by atoms with Gasteiger partial charge < -0.3 is 10.5 Å². The van der Waals surface area contributed by atoms with Crippen molar-refractivity contribution in [2.75, 3.05) is 19.4 Å². The standard InChI is InChI=1S/C21H29NO2P/c1-17(2)16-20(22)21(23)24-14-15-25(3,18-10-6-4-7-11-18)19-12-8-5-9-13-19/h4-13,17,20H,14-16,22H2,1-3H3/q+1/t20-/m0/s1. The number of esters is 1. The van der Waals surface area contributed by atoms with E-state index in [0.717, 1.165) is 6.16 Å². The molecular formula is C21H29NO2P+. The van der Waals surface area contributed by atoms with Crippen LogP contribution < -0.4 is 16.3 Å². The minimum absolute atomic E-state index is 0.290. The van der Waals surface area contributed by atoms with E-state index in [0.29, 0.717) is 18.9 Å². The van der Waals surface area contributed by atoms with Crippen molar-refractivity contribution in [1.82, 2.24) is 0 Å². The van der Waals surface area contributed by atoms with Crippen LogP contribution in [0.4, 0.5) is 0 Å². The highest BCUT2D eigenvalue weighted by molar-refractivity contribution is 7.88. The monoisotopic (exact) mass is 358 g/mol. The van der Waals surface area contributed by atoms with E-state index in [1.54, 1.807) is 0 Å². The lowest BCUT2D eigenvalue weighted by Crippen LogP contribution is -2.35. The normalized spacial score (nSPS) is 12.8. The second-order valence-electron chi connectivity index (χ2n) is 6.99. The van der Waals surface area contributed by atoms with Crippen LogP contribution in [-0.4, -0.2) is 31.4 Å². The molecule has 2 aromatic rings. The van der Waals surface area contributed by atoms with Gasteiger partial charge in [0.2, 0.25) is 0 Å². The topological polar surface area (TPSA) is 52.3 Å². The van der Waals surface area contributed by atoms with Crippen molar-refractivity contribution < 1.29 is 9.53 Å². The summed E-state index contributed by atoms with van der Waals surface area (Å²) in [5, 5.41) is 2.65. The maximum Gasteiger partial charge on any atom is 0.323 e. The number of ether oxygens (including phenoxy) is 1. The average Bonchev–Trinajstić information content (AvgIpc) is 2.62. The van der Waals surface area contributed by atoms with Crippen molar-refractivity contribution in [3.8, 4) is 0 Å². The smallest absolute Gasteiger partial charge is 0.323 e. The van der Waals surface area contributed by atoms with Gasteiger partial charge in [-0.15, -0.1) is 0 Å². The number of nitrogens with two attached hydrogens (primary N) is 1. The minimum atomic E-state index is -1.61. The Kier molecular flexibility index (Phi) is 7.16. The van der Waals surface area contributed by atoms with Gasteiger partial charge in [-0.2, -0.15) is 0 Å². The van der Waals surface area contributed by atoms with Crippen molar-refractivity contribution in [3.05, 3.63) is 60.7 Å². The number of benzene rings is 2. The Morgan fingerprint density at radius 1 is 1.00 bits per heavy atom. The average molecular weight is 358 g/mol. The minimum Gasteiger partial charge on any atom is -0.461 e. The van der Waals surface area contributed by atoms with E-state index in [1.807, 2.05) is 12.1 Å². The lowest BCUT2D eigenvalue weighted by Gasteiger charge is -2.23. The molecule has 2 aromatic carbocycles. The van der Waals surface area contributed by atoms with Crippen LogP contribution in [-0.2, 0) is 9.53 Å². The molecule has 0 bridgehead atoms. The van der Waals surface area contributed by atoms with E-state index in [-0.39, 0.29) is 5.97 Å². The molecule has 25 heavy (non-hydrogen) atoms. The quantitative estimate of drug-likeness (QED) is 0.582. The molecule has 2 N–H and O–H groups in total. The number of hydrogen-bond donors (Lipinski definition) is 1. The lowest BCUT2D eigenvalue weighted by molar-refractivity contribution is -0.144. The van der Waals surface area contributed by atoms with Gasteiger partial charge in [0.15, 0.2) is 0 Å². The summed E-state index contributed by atoms with van der Waals surface area (Å²) in [6.07, 6.45) is 1.48. The molecule has 0 amide bonds. The highest BCUT2D eigenvalue weighted by atomic mass is 31.2. The SMILES string of the molecule is CC(C)C[C@H](N)C(=O)OCC[P+](C)(c1ccccc1)c1ccccc1. The molecule has 3 nitrogen and oxygen atoms in total. The first-order valence-electron chi connectivity index (χ1n) is 8.82. The maximum absolute atomic E-state index is 12.1. The molecule has 134 valence electrons. The number of hydrogen-bond acceptors (Lipinski definition) is 3. The molecule has 2 rings (SSSR count). The van der Waals surface area contributed by atoms with Gasteiger partial charge in [0, 0.05) is 0 Å². The molecule has 0 unspecified atom stereocenters. The third kappa shape index (κ3) is 5.39. The predicted octanol–water partition coefficient (Wildman–Crippen LogP) is 3.20. The Morgan fingerprint density at radius 2 is 1.48 bits per heavy atom. The molecule has 0 saturated carbocycles. The van der Waals surface area contributed by atoms with Crippen LogP contribution in [0.25, 0.3) is 0 Å². The van der Waals surface area contributed by atoms with E-state index < -0.39 is 13.3 Å². The first kappa shape index (κ1) is 19.6. The van der Waals surface area contributed by atoms with Crippen LogP contribution in [0.15, 0.2) is 60.7 Å². The van der Waals surface area contributed by atoms with E-state index in [4.69, 9.17) is 10.5 Å². The molecule has 0 fully saturated rings. The summed E-state index contributed by atoms with van der Waals surface area (Å²) in [7, 11) is -1.61. The number of rotatable bonds is 8. The molecular weight excluding hydrogens is 329 g/mol. The lowest BCUT2D eigenvalue weighted by atomic mass is 10.1. The molecule has 0 aromatic heterocycles. The summed E-state index contributed by atoms with van der Waals surface area (Å²) in [6.45, 7) is 6.82. The summed E-state index contributed by atoms with van der Waals surface area (Å²) in [6, 6.07) is 20.5. The summed E-state index contributed by atoms with van der Waals surface area (Å²) >= 11 is 0. The molecule has 1 atom stereocenters. The second-order valence-corrected chi connectivity index (χ2v) is 10.9. The highest BCUT2D eigenvalue weighted by Gasteiger charge is 2.37. The van der Waals surface area contributed by atoms with Gasteiger partial charge in [-0.1, -0.05) is 50.2 Å². The zero-order chi connectivity index (χ0) is 18.3. The Morgan fingerprint density at radius 3 is 1.92 bits per heavy atom. The fourth-order valence-corrected chi connectivity index (χ4v) is 5.89. The first-order chi connectivity index (χ1) is 11.9. The molecule has 0 spiro atoms. The van der Waals surface area contributed by atoms with E-state index >= 15 is 0 Å². The summed E-state index contributed by atoms with van der Waals surface area (Å²) in [4.78, 5) is 12.1. The van der Waals surface area contributed by atoms with Crippen LogP contribution >= 0.6 is 7.26 Å². The van der Waals surface area contributed by atoms with Gasteiger partial charge in [0.1, 0.15) is 18.8 Å². The molecule has 0 saturated heterocycles. The number of carbonyl (C=O) groups is 1. The molecule has 0 aliphatic carbocycles. The highest BCUT2D eigenvalue weighted by Crippen LogP contribution is 2.52. The fourth-order valence-electron chi connectivity index (χ4n) is 2.96. The third-order valence-corrected chi connectivity index (χ3v) is 8.42. The van der Waals surface area contributed by atoms with Gasteiger partial charge in [-0.25, -0.2) is 0 Å². The second kappa shape index (κ2) is 9.12. The van der Waals surface area contributed by atoms with Crippen LogP contribution in [0.3, 0.4) is 0 Å². The van der Waals surface area contributed by atoms with Crippen LogP contribution in [0.5, 0.6) is 0 Å². The van der Waals surface area contributed by atoms with Crippen molar-refractivity contribution >= 4 is 23.8 Å². The van der Waals surface area contributed by atoms with Gasteiger partial charge in [-0.05, 0) is 36.6 Å². The van der Waals surface area contributed by atoms with Crippen LogP contribution in [0.1, 0.15) is 20.3 Å². The summed E-state index contributed by atoms with van der Waals surface area (Å²) in [5.41, 5.74) is 5.92. The van der Waals surface area contributed by atoms with Crippen molar-refractivity contribution in [3.63, 3.8) is 0 Å². The van der Waals surface area contributed by atoms with Gasteiger partial charge in [0.05, 0.1) is 24.5 Å². The van der Waals surface area contributed by atoms with Crippen LogP contribution in [0.2, 0.25) is 0 Å². The molecule has 0 heterocycles. The summed E-state index contributed by atoms with van der Waals surface area (Å²) < 4.78 is 5.51. The Bertz CT molecular complexity index is 619. The van der Waals surface area contributed by atoms with Gasteiger partial charge in [0.25, 0.3) is 0 Å². The molecule has 4 heteroatoms. The van der Waals surface area contributed by atoms with E-state index in [9.17, 15) is 4.79 Å². The van der Waals surface area contributed by atoms with Crippen molar-refractivity contribution in [1.29, 1.82) is 0 Å². The Labute approximate surface area is 151 Å². The Balaban J connectivity index is 2.10. The molecule has 0 aliphatic heterocycles. The zero-order valence-corrected chi connectivity index (χ0v) is 16.3. The first-order valence-corrected chi connectivity index (χ1v) is 11.2. The number of carbonyl (C=O) groups excluding carboxylic acids is 1. The van der Waals surface area contributed by atoms with Crippen LogP contribution in [0, 0.1) is 5.92 Å². The van der Waals surface area contributed by atoms with Gasteiger partial charge in [-0.3, -0.25) is 4.79 Å².